The van der Waals surface area contributed by atoms with Crippen molar-refractivity contribution >= 4 is 0 Å². The van der Waals surface area contributed by atoms with Crippen molar-refractivity contribution in [2.45, 2.75) is 76.6 Å². The lowest BCUT2D eigenvalue weighted by Crippen LogP contribution is -2.40. The van der Waals surface area contributed by atoms with Crippen LogP contribution in [0.1, 0.15) is 59.3 Å². The van der Waals surface area contributed by atoms with Crippen LogP contribution in [0.25, 0.3) is 0 Å². The van der Waals surface area contributed by atoms with Gasteiger partial charge < -0.3 is 14.6 Å². The van der Waals surface area contributed by atoms with Crippen LogP contribution in [-0.4, -0.2) is 36.1 Å². The third-order valence-corrected chi connectivity index (χ3v) is 6.23. The minimum atomic E-state index is -0.529. The average Bonchev–Trinajstić information content (AvgIpc) is 3.26. The zero-order valence-electron chi connectivity index (χ0n) is 13.4. The Morgan fingerprint density at radius 3 is 2.65 bits per heavy atom. The molecule has 2 saturated carbocycles. The molecule has 0 radical (unpaired) electrons. The van der Waals surface area contributed by atoms with E-state index in [0.717, 1.165) is 38.2 Å². The Hall–Kier alpha value is -0.120. The van der Waals surface area contributed by atoms with Gasteiger partial charge in [-0.2, -0.15) is 0 Å². The minimum absolute atomic E-state index is 0.188. The topological polar surface area (TPSA) is 42.0 Å². The smallest absolute Gasteiger partial charge is 0.0951 e. The van der Waals surface area contributed by atoms with Gasteiger partial charge in [0.1, 0.15) is 0 Å². The summed E-state index contributed by atoms with van der Waals surface area (Å²) < 4.78 is 11.5. The Morgan fingerprint density at radius 1 is 1.40 bits per heavy atom. The van der Waals surface area contributed by atoms with E-state index in [2.05, 4.69) is 6.92 Å². The third-order valence-electron chi connectivity index (χ3n) is 6.23. The van der Waals surface area contributed by atoms with E-state index in [1.807, 2.05) is 21.0 Å². The van der Waals surface area contributed by atoms with Crippen LogP contribution in [0.2, 0.25) is 0 Å². The van der Waals surface area contributed by atoms with Gasteiger partial charge >= 0.3 is 0 Å². The molecule has 3 nitrogen and oxygen atoms in total. The first-order valence-electron chi connectivity index (χ1n) is 8.18. The van der Waals surface area contributed by atoms with Gasteiger partial charge in [0, 0.05) is 7.11 Å². The highest BCUT2D eigenvalue weighted by Crippen LogP contribution is 2.67. The highest BCUT2D eigenvalue weighted by molar-refractivity contribution is 5.15. The summed E-state index contributed by atoms with van der Waals surface area (Å²) in [5, 5.41) is 9.93. The Balaban J connectivity index is 1.63. The Bertz CT molecular complexity index is 369. The lowest BCUT2D eigenvalue weighted by atomic mass is 9.69. The second-order valence-corrected chi connectivity index (χ2v) is 8.30. The van der Waals surface area contributed by atoms with Gasteiger partial charge in [-0.1, -0.05) is 6.92 Å². The van der Waals surface area contributed by atoms with Gasteiger partial charge in [-0.05, 0) is 69.6 Å². The van der Waals surface area contributed by atoms with E-state index in [1.165, 1.54) is 12.8 Å². The van der Waals surface area contributed by atoms with E-state index in [-0.39, 0.29) is 5.60 Å². The standard InChI is InChI=1S/C17H30O3/c1-15(2,18)7-5-12-10-16(12,3)14-9-13(19-4)6-8-17(14)11-20-17/h12-14,18H,5-11H2,1-4H3. The van der Waals surface area contributed by atoms with Crippen LogP contribution in [0.5, 0.6) is 0 Å². The van der Waals surface area contributed by atoms with Crippen LogP contribution in [0.4, 0.5) is 0 Å². The third kappa shape index (κ3) is 2.65. The molecule has 1 saturated heterocycles. The zero-order chi connectivity index (χ0) is 14.6. The first kappa shape index (κ1) is 14.8. The molecule has 3 rings (SSSR count). The number of ether oxygens (including phenoxy) is 2. The van der Waals surface area contributed by atoms with Crippen LogP contribution < -0.4 is 0 Å². The second kappa shape index (κ2) is 4.69. The molecule has 20 heavy (non-hydrogen) atoms. The molecule has 3 fully saturated rings. The summed E-state index contributed by atoms with van der Waals surface area (Å²) in [4.78, 5) is 0. The molecule has 0 aromatic heterocycles. The van der Waals surface area contributed by atoms with Gasteiger partial charge in [0.15, 0.2) is 0 Å². The molecule has 5 atom stereocenters. The molecule has 1 N–H and O–H groups in total. The molecule has 116 valence electrons. The van der Waals surface area contributed by atoms with Crippen molar-refractivity contribution in [3.8, 4) is 0 Å². The summed E-state index contributed by atoms with van der Waals surface area (Å²) in [5.41, 5.74) is 0.0745. The number of rotatable bonds is 5. The highest BCUT2D eigenvalue weighted by Gasteiger charge is 2.66. The van der Waals surface area contributed by atoms with Crippen LogP contribution in [-0.2, 0) is 9.47 Å². The molecule has 0 amide bonds. The quantitative estimate of drug-likeness (QED) is 0.788. The summed E-state index contributed by atoms with van der Waals surface area (Å²) >= 11 is 0. The van der Waals surface area contributed by atoms with Gasteiger partial charge in [0.25, 0.3) is 0 Å². The van der Waals surface area contributed by atoms with Crippen molar-refractivity contribution in [3.05, 3.63) is 0 Å². The van der Waals surface area contributed by atoms with Gasteiger partial charge in [0.2, 0.25) is 0 Å². The normalized spacial score (nSPS) is 47.5. The summed E-state index contributed by atoms with van der Waals surface area (Å²) in [7, 11) is 1.84. The lowest BCUT2D eigenvalue weighted by molar-refractivity contribution is -0.0104. The van der Waals surface area contributed by atoms with E-state index < -0.39 is 5.60 Å². The van der Waals surface area contributed by atoms with E-state index in [1.54, 1.807) is 0 Å². The first-order valence-corrected chi connectivity index (χ1v) is 8.18. The zero-order valence-corrected chi connectivity index (χ0v) is 13.4. The van der Waals surface area contributed by atoms with E-state index in [0.29, 0.717) is 17.4 Å². The second-order valence-electron chi connectivity index (χ2n) is 8.30. The average molecular weight is 282 g/mol. The molecular formula is C17H30O3. The molecule has 0 bridgehead atoms. The number of hydrogen-bond acceptors (Lipinski definition) is 3. The number of methoxy groups -OCH3 is 1. The molecule has 0 aromatic rings. The van der Waals surface area contributed by atoms with Crippen molar-refractivity contribution in [1.82, 2.24) is 0 Å². The predicted octanol–water partition coefficient (Wildman–Crippen LogP) is 3.15. The number of aliphatic hydroxyl groups is 1. The fourth-order valence-electron chi connectivity index (χ4n) is 4.56. The van der Waals surface area contributed by atoms with Gasteiger partial charge in [0.05, 0.1) is 23.9 Å². The van der Waals surface area contributed by atoms with Crippen molar-refractivity contribution < 1.29 is 14.6 Å². The van der Waals surface area contributed by atoms with E-state index >= 15 is 0 Å². The fourth-order valence-corrected chi connectivity index (χ4v) is 4.56. The fraction of sp³-hybridized carbons (Fsp3) is 1.00. The van der Waals surface area contributed by atoms with Crippen LogP contribution in [0, 0.1) is 17.3 Å². The van der Waals surface area contributed by atoms with Gasteiger partial charge in [-0.25, -0.2) is 0 Å². The van der Waals surface area contributed by atoms with Crippen LogP contribution in [0.3, 0.4) is 0 Å². The van der Waals surface area contributed by atoms with Crippen molar-refractivity contribution in [2.75, 3.05) is 13.7 Å². The summed E-state index contributed by atoms with van der Waals surface area (Å²) in [5.74, 6) is 1.41. The molecular weight excluding hydrogens is 252 g/mol. The molecule has 1 heterocycles. The Labute approximate surface area is 123 Å². The number of hydrogen-bond donors (Lipinski definition) is 1. The van der Waals surface area contributed by atoms with E-state index in [9.17, 15) is 5.11 Å². The van der Waals surface area contributed by atoms with Gasteiger partial charge in [-0.3, -0.25) is 0 Å². The Kier molecular flexibility index (Phi) is 3.47. The molecule has 0 aromatic carbocycles. The molecule has 5 unspecified atom stereocenters. The monoisotopic (exact) mass is 282 g/mol. The maximum absolute atomic E-state index is 9.93. The molecule has 3 heteroatoms. The van der Waals surface area contributed by atoms with Crippen molar-refractivity contribution in [1.29, 1.82) is 0 Å². The van der Waals surface area contributed by atoms with Crippen molar-refractivity contribution in [3.63, 3.8) is 0 Å². The van der Waals surface area contributed by atoms with Crippen LogP contribution >= 0.6 is 0 Å². The maximum Gasteiger partial charge on any atom is 0.0951 e. The maximum atomic E-state index is 9.93. The highest BCUT2D eigenvalue weighted by atomic mass is 16.6. The van der Waals surface area contributed by atoms with Crippen LogP contribution in [0.15, 0.2) is 0 Å². The molecule has 1 spiro atoms. The van der Waals surface area contributed by atoms with Crippen molar-refractivity contribution in [2.24, 2.45) is 17.3 Å². The summed E-state index contributed by atoms with van der Waals surface area (Å²) in [6, 6.07) is 0. The van der Waals surface area contributed by atoms with E-state index in [4.69, 9.17) is 9.47 Å². The first-order chi connectivity index (χ1) is 9.29. The van der Waals surface area contributed by atoms with Gasteiger partial charge in [-0.15, -0.1) is 0 Å². The predicted molar refractivity (Wildman–Crippen MR) is 78.6 cm³/mol. The minimum Gasteiger partial charge on any atom is -0.390 e. The molecule has 3 aliphatic rings. The lowest BCUT2D eigenvalue weighted by Gasteiger charge is -2.38. The molecule has 1 aliphatic heterocycles. The summed E-state index contributed by atoms with van der Waals surface area (Å²) in [6.07, 6.45) is 7.25. The number of epoxide rings is 1. The Morgan fingerprint density at radius 2 is 2.10 bits per heavy atom. The SMILES string of the molecule is COC1CCC2(CO2)C(C2(C)CC2CCC(C)(C)O)C1. The largest absolute Gasteiger partial charge is 0.390 e. The summed E-state index contributed by atoms with van der Waals surface area (Å²) in [6.45, 7) is 7.23. The molecule has 2 aliphatic carbocycles.